The maximum Gasteiger partial charge on any atom is 0.0800 e. The van der Waals surface area contributed by atoms with Gasteiger partial charge in [0.15, 0.2) is 0 Å². The van der Waals surface area contributed by atoms with Crippen LogP contribution >= 0.6 is 15.9 Å². The summed E-state index contributed by atoms with van der Waals surface area (Å²) in [5, 5.41) is 7.49. The van der Waals surface area contributed by atoms with Crippen molar-refractivity contribution in [3.05, 3.63) is 40.6 Å². The Hall–Kier alpha value is -1.29. The molecule has 3 nitrogen and oxygen atoms in total. The lowest BCUT2D eigenvalue weighted by molar-refractivity contribution is 0.740. The number of hydrogen-bond acceptors (Lipinski definition) is 2. The van der Waals surface area contributed by atoms with Gasteiger partial charge < -0.3 is 5.32 Å². The van der Waals surface area contributed by atoms with E-state index in [0.717, 1.165) is 21.5 Å². The van der Waals surface area contributed by atoms with E-state index >= 15 is 0 Å². The Labute approximate surface area is 97.2 Å². The molecule has 0 atom stereocenters. The van der Waals surface area contributed by atoms with E-state index in [1.807, 2.05) is 49.1 Å². The van der Waals surface area contributed by atoms with E-state index in [2.05, 4.69) is 26.3 Å². The normalized spacial score (nSPS) is 10.3. The number of benzene rings is 1. The monoisotopic (exact) mass is 265 g/mol. The van der Waals surface area contributed by atoms with Crippen molar-refractivity contribution in [2.75, 3.05) is 5.32 Å². The highest BCUT2D eigenvalue weighted by molar-refractivity contribution is 9.10. The largest absolute Gasteiger partial charge is 0.353 e. The predicted octanol–water partition coefficient (Wildman–Crippen LogP) is 3.23. The average molecular weight is 266 g/mol. The summed E-state index contributed by atoms with van der Waals surface area (Å²) in [4.78, 5) is 0. The Morgan fingerprint density at radius 2 is 1.93 bits per heavy atom. The fourth-order valence-corrected chi connectivity index (χ4v) is 1.57. The first-order chi connectivity index (χ1) is 7.16. The molecule has 0 amide bonds. The van der Waals surface area contributed by atoms with Crippen LogP contribution < -0.4 is 5.32 Å². The highest BCUT2D eigenvalue weighted by Crippen LogP contribution is 2.21. The smallest absolute Gasteiger partial charge is 0.0800 e. The molecule has 0 saturated heterocycles. The molecule has 0 aliphatic heterocycles. The molecule has 1 aromatic carbocycles. The van der Waals surface area contributed by atoms with E-state index in [-0.39, 0.29) is 0 Å². The molecule has 0 aliphatic carbocycles. The summed E-state index contributed by atoms with van der Waals surface area (Å²) in [7, 11) is 1.93. The second kappa shape index (κ2) is 4.06. The van der Waals surface area contributed by atoms with E-state index in [1.54, 1.807) is 0 Å². The number of anilines is 2. The third-order valence-corrected chi connectivity index (χ3v) is 2.89. The van der Waals surface area contributed by atoms with E-state index in [4.69, 9.17) is 0 Å². The zero-order valence-electron chi connectivity index (χ0n) is 8.66. The van der Waals surface area contributed by atoms with Crippen molar-refractivity contribution in [1.29, 1.82) is 0 Å². The van der Waals surface area contributed by atoms with Crippen LogP contribution in [0, 0.1) is 6.92 Å². The van der Waals surface area contributed by atoms with Crippen molar-refractivity contribution in [2.45, 2.75) is 6.92 Å². The van der Waals surface area contributed by atoms with Crippen LogP contribution in [-0.4, -0.2) is 9.78 Å². The highest BCUT2D eigenvalue weighted by Gasteiger charge is 2.02. The Kier molecular flexibility index (Phi) is 2.77. The predicted molar refractivity (Wildman–Crippen MR) is 65.4 cm³/mol. The van der Waals surface area contributed by atoms with Gasteiger partial charge in [-0.2, -0.15) is 5.10 Å². The zero-order valence-corrected chi connectivity index (χ0v) is 10.2. The molecule has 1 N–H and O–H groups in total. The summed E-state index contributed by atoms with van der Waals surface area (Å²) in [5.41, 5.74) is 3.23. The van der Waals surface area contributed by atoms with Gasteiger partial charge in [0, 0.05) is 17.2 Å². The van der Waals surface area contributed by atoms with Gasteiger partial charge in [-0.25, -0.2) is 0 Å². The standard InChI is InChI=1S/C11H12BrN3/c1-8-11(7-13-15(8)2)14-10-5-3-9(12)4-6-10/h3-7,14H,1-2H3. The first kappa shape index (κ1) is 10.2. The van der Waals surface area contributed by atoms with Gasteiger partial charge in [-0.15, -0.1) is 0 Å². The topological polar surface area (TPSA) is 29.9 Å². The van der Waals surface area contributed by atoms with Crippen LogP contribution in [0.25, 0.3) is 0 Å². The van der Waals surface area contributed by atoms with E-state index in [9.17, 15) is 0 Å². The third kappa shape index (κ3) is 2.21. The van der Waals surface area contributed by atoms with Crippen molar-refractivity contribution in [2.24, 2.45) is 7.05 Å². The molecule has 0 spiro atoms. The molecule has 2 rings (SSSR count). The molecule has 0 bridgehead atoms. The summed E-state index contributed by atoms with van der Waals surface area (Å²) in [6.45, 7) is 2.04. The SMILES string of the molecule is Cc1c(Nc2ccc(Br)cc2)cnn1C. The molecular formula is C11H12BrN3. The van der Waals surface area contributed by atoms with Crippen LogP contribution in [0.4, 0.5) is 11.4 Å². The first-order valence-electron chi connectivity index (χ1n) is 4.68. The van der Waals surface area contributed by atoms with Gasteiger partial charge >= 0.3 is 0 Å². The summed E-state index contributed by atoms with van der Waals surface area (Å²) in [5.74, 6) is 0. The lowest BCUT2D eigenvalue weighted by Crippen LogP contribution is -1.95. The zero-order chi connectivity index (χ0) is 10.8. The van der Waals surface area contributed by atoms with Crippen molar-refractivity contribution < 1.29 is 0 Å². The molecule has 15 heavy (non-hydrogen) atoms. The molecular weight excluding hydrogens is 254 g/mol. The summed E-state index contributed by atoms with van der Waals surface area (Å²) >= 11 is 3.41. The van der Waals surface area contributed by atoms with E-state index in [1.165, 1.54) is 0 Å². The van der Waals surface area contributed by atoms with Crippen LogP contribution in [0.1, 0.15) is 5.69 Å². The van der Waals surface area contributed by atoms with E-state index < -0.39 is 0 Å². The number of rotatable bonds is 2. The molecule has 78 valence electrons. The van der Waals surface area contributed by atoms with Crippen LogP contribution in [0.15, 0.2) is 34.9 Å². The minimum absolute atomic E-state index is 1.04. The van der Waals surface area contributed by atoms with Gasteiger partial charge in [-0.05, 0) is 31.2 Å². The number of aromatic nitrogens is 2. The van der Waals surface area contributed by atoms with Crippen molar-refractivity contribution in [3.63, 3.8) is 0 Å². The molecule has 4 heteroatoms. The first-order valence-corrected chi connectivity index (χ1v) is 5.47. The van der Waals surface area contributed by atoms with Gasteiger partial charge in [0.05, 0.1) is 17.6 Å². The third-order valence-electron chi connectivity index (χ3n) is 2.36. The van der Waals surface area contributed by atoms with Gasteiger partial charge in [0.25, 0.3) is 0 Å². The molecule has 0 aliphatic rings. The summed E-state index contributed by atoms with van der Waals surface area (Å²) < 4.78 is 2.93. The molecule has 0 radical (unpaired) electrons. The minimum Gasteiger partial charge on any atom is -0.353 e. The number of aryl methyl sites for hydroxylation is 1. The second-order valence-electron chi connectivity index (χ2n) is 3.40. The molecule has 0 saturated carbocycles. The molecule has 1 heterocycles. The van der Waals surface area contributed by atoms with Gasteiger partial charge in [0.2, 0.25) is 0 Å². The molecule has 2 aromatic rings. The van der Waals surface area contributed by atoms with Gasteiger partial charge in [-0.3, -0.25) is 4.68 Å². The fourth-order valence-electron chi connectivity index (χ4n) is 1.31. The Balaban J connectivity index is 2.22. The Morgan fingerprint density at radius 1 is 1.27 bits per heavy atom. The van der Waals surface area contributed by atoms with Crippen LogP contribution in [0.5, 0.6) is 0 Å². The van der Waals surface area contributed by atoms with Crippen LogP contribution in [-0.2, 0) is 7.05 Å². The number of halogens is 1. The van der Waals surface area contributed by atoms with Crippen LogP contribution in [0.3, 0.4) is 0 Å². The average Bonchev–Trinajstić information content (AvgIpc) is 2.53. The number of nitrogens with zero attached hydrogens (tertiary/aromatic N) is 2. The molecule has 1 aromatic heterocycles. The fraction of sp³-hybridized carbons (Fsp3) is 0.182. The number of nitrogens with one attached hydrogen (secondary N) is 1. The summed E-state index contributed by atoms with van der Waals surface area (Å²) in [6.07, 6.45) is 1.83. The minimum atomic E-state index is 1.04. The van der Waals surface area contributed by atoms with Crippen molar-refractivity contribution >= 4 is 27.3 Å². The number of hydrogen-bond donors (Lipinski definition) is 1. The van der Waals surface area contributed by atoms with Crippen molar-refractivity contribution in [1.82, 2.24) is 9.78 Å². The van der Waals surface area contributed by atoms with Crippen LogP contribution in [0.2, 0.25) is 0 Å². The lowest BCUT2D eigenvalue weighted by atomic mass is 10.3. The molecule has 0 fully saturated rings. The van der Waals surface area contributed by atoms with E-state index in [0.29, 0.717) is 0 Å². The quantitative estimate of drug-likeness (QED) is 0.904. The van der Waals surface area contributed by atoms with Crippen molar-refractivity contribution in [3.8, 4) is 0 Å². The Morgan fingerprint density at radius 3 is 2.47 bits per heavy atom. The second-order valence-corrected chi connectivity index (χ2v) is 4.31. The highest BCUT2D eigenvalue weighted by atomic mass is 79.9. The maximum atomic E-state index is 4.17. The van der Waals surface area contributed by atoms with Gasteiger partial charge in [-0.1, -0.05) is 15.9 Å². The summed E-state index contributed by atoms with van der Waals surface area (Å²) in [6, 6.07) is 8.06. The molecule has 0 unspecified atom stereocenters. The van der Waals surface area contributed by atoms with Gasteiger partial charge in [0.1, 0.15) is 0 Å². The Bertz CT molecular complexity index is 459. The lowest BCUT2D eigenvalue weighted by Gasteiger charge is -2.05. The maximum absolute atomic E-state index is 4.17.